The highest BCUT2D eigenvalue weighted by atomic mass is 16.5. The third-order valence-corrected chi connectivity index (χ3v) is 3.45. The molecule has 5 nitrogen and oxygen atoms in total. The number of rotatable bonds is 8. The molecule has 0 saturated heterocycles. The second-order valence-corrected chi connectivity index (χ2v) is 5.06. The lowest BCUT2D eigenvalue weighted by molar-refractivity contribution is 0.104. The van der Waals surface area contributed by atoms with Crippen LogP contribution in [0.2, 0.25) is 0 Å². The number of carbonyl (C=O) groups excluding carboxylic acids is 1. The van der Waals surface area contributed by atoms with E-state index in [1.807, 2.05) is 0 Å². The molecule has 0 atom stereocenters. The van der Waals surface area contributed by atoms with Gasteiger partial charge in [0.1, 0.15) is 18.1 Å². The van der Waals surface area contributed by atoms with Crippen LogP contribution < -0.4 is 14.2 Å². The van der Waals surface area contributed by atoms with Crippen molar-refractivity contribution in [2.24, 2.45) is 0 Å². The smallest absolute Gasteiger partial charge is 0.189 e. The summed E-state index contributed by atoms with van der Waals surface area (Å²) >= 11 is 0. The van der Waals surface area contributed by atoms with Gasteiger partial charge in [-0.2, -0.15) is 0 Å². The van der Waals surface area contributed by atoms with Gasteiger partial charge in [-0.3, -0.25) is 4.79 Å². The lowest BCUT2D eigenvalue weighted by atomic mass is 10.1. The Morgan fingerprint density at radius 1 is 1.20 bits per heavy atom. The zero-order valence-electron chi connectivity index (χ0n) is 14.2. The van der Waals surface area contributed by atoms with Crippen molar-refractivity contribution < 1.29 is 24.1 Å². The normalized spacial score (nSPS) is 10.5. The molecule has 0 aromatic heterocycles. The Morgan fingerprint density at radius 2 is 2.00 bits per heavy atom. The molecule has 0 bridgehead atoms. The highest BCUT2D eigenvalue weighted by Gasteiger charge is 2.11. The van der Waals surface area contributed by atoms with Gasteiger partial charge in [-0.1, -0.05) is 24.8 Å². The fraction of sp³-hybridized carbons (Fsp3) is 0.150. The summed E-state index contributed by atoms with van der Waals surface area (Å²) in [7, 11) is 3.08. The van der Waals surface area contributed by atoms with E-state index in [2.05, 4.69) is 6.58 Å². The van der Waals surface area contributed by atoms with Gasteiger partial charge in [0.2, 0.25) is 0 Å². The van der Waals surface area contributed by atoms with E-state index in [-0.39, 0.29) is 17.1 Å². The minimum atomic E-state index is -0.336. The van der Waals surface area contributed by atoms with Crippen LogP contribution in [0.4, 0.5) is 0 Å². The third-order valence-electron chi connectivity index (χ3n) is 3.45. The summed E-state index contributed by atoms with van der Waals surface area (Å²) in [4.78, 5) is 12.3. The van der Waals surface area contributed by atoms with Gasteiger partial charge < -0.3 is 19.3 Å². The number of benzene rings is 2. The number of aromatic hydroxyl groups is 1. The number of phenolic OH excluding ortho intramolecular Hbond substituents is 1. The topological polar surface area (TPSA) is 65.0 Å². The molecule has 5 heteroatoms. The summed E-state index contributed by atoms with van der Waals surface area (Å²) in [6, 6.07) is 9.91. The Hall–Kier alpha value is -3.21. The number of allylic oxidation sites excluding steroid dienone is 1. The van der Waals surface area contributed by atoms with E-state index in [0.29, 0.717) is 29.4 Å². The lowest BCUT2D eigenvalue weighted by Gasteiger charge is -2.10. The highest BCUT2D eigenvalue weighted by molar-refractivity contribution is 6.08. The quantitative estimate of drug-likeness (QED) is 0.449. The van der Waals surface area contributed by atoms with Gasteiger partial charge in [0, 0.05) is 11.6 Å². The molecule has 2 rings (SSSR count). The van der Waals surface area contributed by atoms with Crippen molar-refractivity contribution >= 4 is 11.9 Å². The van der Waals surface area contributed by atoms with Crippen LogP contribution in [0.15, 0.2) is 55.1 Å². The van der Waals surface area contributed by atoms with E-state index in [9.17, 15) is 9.90 Å². The predicted octanol–water partition coefficient (Wildman–Crippen LogP) is 3.87. The van der Waals surface area contributed by atoms with E-state index < -0.39 is 0 Å². The van der Waals surface area contributed by atoms with E-state index in [1.165, 1.54) is 25.3 Å². The number of methoxy groups -OCH3 is 2. The van der Waals surface area contributed by atoms with Crippen molar-refractivity contribution in [1.29, 1.82) is 0 Å². The first-order valence-electron chi connectivity index (χ1n) is 7.60. The van der Waals surface area contributed by atoms with E-state index in [1.54, 1.807) is 43.5 Å². The molecular formula is C20H20O5. The van der Waals surface area contributed by atoms with Crippen molar-refractivity contribution in [3.05, 3.63) is 66.3 Å². The zero-order chi connectivity index (χ0) is 18.2. The first-order chi connectivity index (χ1) is 12.1. The molecule has 0 aliphatic rings. The number of phenols is 1. The second kappa shape index (κ2) is 8.59. The third kappa shape index (κ3) is 4.41. The number of ketones is 1. The van der Waals surface area contributed by atoms with Crippen LogP contribution >= 0.6 is 0 Å². The molecule has 1 N–H and O–H groups in total. The van der Waals surface area contributed by atoms with Crippen molar-refractivity contribution in [2.75, 3.05) is 20.8 Å². The lowest BCUT2D eigenvalue weighted by Crippen LogP contribution is -1.98. The molecule has 0 aliphatic carbocycles. The van der Waals surface area contributed by atoms with Gasteiger partial charge >= 0.3 is 0 Å². The van der Waals surface area contributed by atoms with Crippen LogP contribution in [0.25, 0.3) is 6.08 Å². The fourth-order valence-corrected chi connectivity index (χ4v) is 2.26. The van der Waals surface area contributed by atoms with Gasteiger partial charge in [-0.15, -0.1) is 0 Å². The summed E-state index contributed by atoms with van der Waals surface area (Å²) < 4.78 is 15.9. The van der Waals surface area contributed by atoms with Gasteiger partial charge in [0.15, 0.2) is 17.3 Å². The molecule has 2 aromatic rings. The molecule has 0 saturated carbocycles. The second-order valence-electron chi connectivity index (χ2n) is 5.06. The molecule has 0 radical (unpaired) electrons. The standard InChI is InChI=1S/C20H20O5/c1-4-12-25-15-9-10-16(18(22)13-15)17(21)11-8-14-6-5-7-19(23-2)20(14)24-3/h4-11,13,22H,1,12H2,2-3H3/b11-8+. The maximum absolute atomic E-state index is 12.3. The number of para-hydroxylation sites is 1. The summed E-state index contributed by atoms with van der Waals surface area (Å²) in [6.45, 7) is 3.88. The van der Waals surface area contributed by atoms with E-state index >= 15 is 0 Å². The van der Waals surface area contributed by atoms with Crippen LogP contribution in [-0.2, 0) is 0 Å². The fourth-order valence-electron chi connectivity index (χ4n) is 2.26. The predicted molar refractivity (Wildman–Crippen MR) is 96.7 cm³/mol. The molecule has 0 amide bonds. The Bertz CT molecular complexity index is 793. The molecule has 0 aliphatic heterocycles. The van der Waals surface area contributed by atoms with Crippen LogP contribution in [0.1, 0.15) is 15.9 Å². The van der Waals surface area contributed by atoms with Crippen LogP contribution in [0.5, 0.6) is 23.0 Å². The molecule has 130 valence electrons. The minimum absolute atomic E-state index is 0.145. The van der Waals surface area contributed by atoms with Gasteiger partial charge in [0.05, 0.1) is 19.8 Å². The van der Waals surface area contributed by atoms with E-state index in [0.717, 1.165) is 0 Å². The maximum Gasteiger partial charge on any atom is 0.189 e. The van der Waals surface area contributed by atoms with Crippen molar-refractivity contribution in [2.45, 2.75) is 0 Å². The minimum Gasteiger partial charge on any atom is -0.507 e. The summed E-state index contributed by atoms with van der Waals surface area (Å²) in [5.41, 5.74) is 0.879. The van der Waals surface area contributed by atoms with Crippen molar-refractivity contribution in [3.8, 4) is 23.0 Å². The van der Waals surface area contributed by atoms with Crippen molar-refractivity contribution in [3.63, 3.8) is 0 Å². The number of ether oxygens (including phenoxy) is 3. The summed E-state index contributed by atoms with van der Waals surface area (Å²) in [5.74, 6) is 1.09. The largest absolute Gasteiger partial charge is 0.507 e. The SMILES string of the molecule is C=CCOc1ccc(C(=O)/C=C/c2cccc(OC)c2OC)c(O)c1. The highest BCUT2D eigenvalue weighted by Crippen LogP contribution is 2.32. The summed E-state index contributed by atoms with van der Waals surface area (Å²) in [5, 5.41) is 10.0. The molecule has 2 aromatic carbocycles. The molecule has 0 spiro atoms. The first kappa shape index (κ1) is 18.1. The molecule has 25 heavy (non-hydrogen) atoms. The molecule has 0 fully saturated rings. The molecule has 0 heterocycles. The average Bonchev–Trinajstić information content (AvgIpc) is 2.63. The Labute approximate surface area is 146 Å². The average molecular weight is 340 g/mol. The van der Waals surface area contributed by atoms with Crippen LogP contribution in [0.3, 0.4) is 0 Å². The van der Waals surface area contributed by atoms with Crippen molar-refractivity contribution in [1.82, 2.24) is 0 Å². The number of hydrogen-bond acceptors (Lipinski definition) is 5. The maximum atomic E-state index is 12.3. The van der Waals surface area contributed by atoms with Gasteiger partial charge in [-0.05, 0) is 30.4 Å². The first-order valence-corrected chi connectivity index (χ1v) is 7.60. The molecule has 0 unspecified atom stereocenters. The van der Waals surface area contributed by atoms with Crippen LogP contribution in [-0.4, -0.2) is 31.7 Å². The monoisotopic (exact) mass is 340 g/mol. The number of carbonyl (C=O) groups is 1. The van der Waals surface area contributed by atoms with E-state index in [4.69, 9.17) is 14.2 Å². The van der Waals surface area contributed by atoms with Crippen LogP contribution in [0, 0.1) is 0 Å². The van der Waals surface area contributed by atoms with Gasteiger partial charge in [0.25, 0.3) is 0 Å². The Balaban J connectivity index is 2.22. The Morgan fingerprint density at radius 3 is 2.64 bits per heavy atom. The van der Waals surface area contributed by atoms with Gasteiger partial charge in [-0.25, -0.2) is 0 Å². The number of hydrogen-bond donors (Lipinski definition) is 1. The molecular weight excluding hydrogens is 320 g/mol. The summed E-state index contributed by atoms with van der Waals surface area (Å²) in [6.07, 6.45) is 4.59. The Kier molecular flexibility index (Phi) is 6.23. The zero-order valence-corrected chi connectivity index (χ0v) is 14.2.